The quantitative estimate of drug-likeness (QED) is 0.414. The van der Waals surface area contributed by atoms with Crippen LogP contribution in [0.25, 0.3) is 0 Å². The van der Waals surface area contributed by atoms with E-state index in [-0.39, 0.29) is 11.7 Å². The number of nitrogens with two attached hydrogens (primary N) is 4. The van der Waals surface area contributed by atoms with Gasteiger partial charge >= 0.3 is 0 Å². The van der Waals surface area contributed by atoms with E-state index < -0.39 is 0 Å². The zero-order valence-corrected chi connectivity index (χ0v) is 11.2. The molecule has 0 aromatic heterocycles. The van der Waals surface area contributed by atoms with E-state index in [0.29, 0.717) is 11.1 Å². The number of rotatable bonds is 4. The fourth-order valence-corrected chi connectivity index (χ4v) is 2.58. The molecule has 2 aromatic rings. The first-order valence-electron chi connectivity index (χ1n) is 5.71. The minimum atomic E-state index is 0.207. The molecular weight excluding hydrogens is 256 g/mol. The summed E-state index contributed by atoms with van der Waals surface area (Å²) in [6, 6.07) is 15.7. The number of hydrogen-bond acceptors (Lipinski definition) is 1. The van der Waals surface area contributed by atoms with Gasteiger partial charge in [-0.3, -0.25) is 22.3 Å². The summed E-state index contributed by atoms with van der Waals surface area (Å²) >= 11 is 1.62. The van der Waals surface area contributed by atoms with Crippen LogP contribution < -0.4 is 22.3 Å². The molecule has 0 saturated carbocycles. The molecule has 0 amide bonds. The molecule has 8 N–H and O–H groups in total. The van der Waals surface area contributed by atoms with Crippen molar-refractivity contribution >= 4 is 23.4 Å². The lowest BCUT2D eigenvalue weighted by Crippen LogP contribution is -2.50. The lowest BCUT2D eigenvalue weighted by Gasteiger charge is -2.05. The third kappa shape index (κ3) is 3.14. The van der Waals surface area contributed by atoms with Crippen LogP contribution >= 0.6 is 11.8 Å². The topological polar surface area (TPSA) is 103 Å². The van der Waals surface area contributed by atoms with Crippen molar-refractivity contribution in [2.75, 3.05) is 0 Å². The summed E-state index contributed by atoms with van der Waals surface area (Å²) in [5.74, 6) is 0.415. The smallest absolute Gasteiger partial charge is 0.271 e. The molecule has 5 heteroatoms. The van der Waals surface area contributed by atoms with E-state index in [9.17, 15) is 0 Å². The Bertz CT molecular complexity index is 623. The summed E-state index contributed by atoms with van der Waals surface area (Å²) < 4.78 is 0. The monoisotopic (exact) mass is 272 g/mol. The van der Waals surface area contributed by atoms with Gasteiger partial charge < -0.3 is 0 Å². The largest absolute Gasteiger partial charge is 0.287 e. The normalized spacial score (nSPS) is 10.1. The van der Waals surface area contributed by atoms with Gasteiger partial charge in [-0.1, -0.05) is 30.0 Å². The van der Waals surface area contributed by atoms with Gasteiger partial charge in [-0.05, 0) is 30.3 Å². The van der Waals surface area contributed by atoms with Gasteiger partial charge in [0.1, 0.15) is 0 Å². The van der Waals surface area contributed by atoms with E-state index in [4.69, 9.17) is 22.3 Å². The maximum absolute atomic E-state index is 5.68. The van der Waals surface area contributed by atoms with Gasteiger partial charge in [0.2, 0.25) is 0 Å². The molecule has 0 saturated heterocycles. The maximum Gasteiger partial charge on any atom is 0.271 e. The fraction of sp³-hybridized carbons (Fsp3) is 0. The van der Waals surface area contributed by atoms with Crippen LogP contribution in [0.4, 0.5) is 0 Å². The van der Waals surface area contributed by atoms with Crippen LogP contribution in [0.3, 0.4) is 0 Å². The predicted molar refractivity (Wildman–Crippen MR) is 77.5 cm³/mol. The molecule has 0 fully saturated rings. The highest BCUT2D eigenvalue weighted by Gasteiger charge is 2.15. The van der Waals surface area contributed by atoms with Crippen molar-refractivity contribution < 1.29 is 10.8 Å². The Hall–Kier alpha value is -2.27. The molecule has 0 bridgehead atoms. The summed E-state index contributed by atoms with van der Waals surface area (Å²) in [5, 5.41) is 11.3. The van der Waals surface area contributed by atoms with E-state index in [0.717, 1.165) is 9.79 Å². The summed E-state index contributed by atoms with van der Waals surface area (Å²) in [5.41, 5.74) is 12.6. The molecule has 0 aliphatic heterocycles. The van der Waals surface area contributed by atoms with Crippen molar-refractivity contribution in [3.8, 4) is 0 Å². The van der Waals surface area contributed by atoms with Crippen LogP contribution in [-0.2, 0) is 0 Å². The van der Waals surface area contributed by atoms with Crippen molar-refractivity contribution in [3.63, 3.8) is 0 Å². The average molecular weight is 272 g/mol. The van der Waals surface area contributed by atoms with Crippen LogP contribution in [-0.4, -0.2) is 11.7 Å². The minimum absolute atomic E-state index is 0.207. The molecule has 0 heterocycles. The highest BCUT2D eigenvalue weighted by Crippen LogP contribution is 2.28. The number of amidine groups is 2. The van der Waals surface area contributed by atoms with E-state index in [1.54, 1.807) is 11.8 Å². The molecule has 2 aromatic carbocycles. The molecule has 96 valence electrons. The second-order valence-corrected chi connectivity index (χ2v) is 5.18. The van der Waals surface area contributed by atoms with E-state index in [1.165, 1.54) is 0 Å². The Morgan fingerprint density at radius 2 is 1.42 bits per heavy atom. The molecule has 4 nitrogen and oxygen atoms in total. The second kappa shape index (κ2) is 5.58. The highest BCUT2D eigenvalue weighted by molar-refractivity contribution is 7.99. The van der Waals surface area contributed by atoms with E-state index >= 15 is 0 Å². The van der Waals surface area contributed by atoms with Crippen molar-refractivity contribution in [2.45, 2.75) is 9.79 Å². The maximum atomic E-state index is 5.68. The van der Waals surface area contributed by atoms with Gasteiger partial charge in [0.25, 0.3) is 11.7 Å². The summed E-state index contributed by atoms with van der Waals surface area (Å²) in [4.78, 5) is 2.17. The van der Waals surface area contributed by atoms with Gasteiger partial charge in [-0.2, -0.15) is 0 Å². The zero-order chi connectivity index (χ0) is 13.8. The third-order valence-corrected chi connectivity index (χ3v) is 3.59. The van der Waals surface area contributed by atoms with Crippen LogP contribution in [0.2, 0.25) is 0 Å². The fourth-order valence-electron chi connectivity index (χ4n) is 1.70. The van der Waals surface area contributed by atoms with Gasteiger partial charge in [0.05, 0.1) is 11.1 Å². The Kier molecular flexibility index (Phi) is 3.87. The van der Waals surface area contributed by atoms with Crippen molar-refractivity contribution in [2.24, 2.45) is 11.5 Å². The predicted octanol–water partition coefficient (Wildman–Crippen LogP) is -1.23. The van der Waals surface area contributed by atoms with E-state index in [1.807, 2.05) is 48.5 Å². The summed E-state index contributed by atoms with van der Waals surface area (Å²) in [6.45, 7) is 0. The first-order valence-corrected chi connectivity index (χ1v) is 6.53. The molecule has 0 spiro atoms. The van der Waals surface area contributed by atoms with Crippen LogP contribution in [0.5, 0.6) is 0 Å². The van der Waals surface area contributed by atoms with Gasteiger partial charge in [0, 0.05) is 9.79 Å². The van der Waals surface area contributed by atoms with Crippen molar-refractivity contribution in [3.05, 3.63) is 59.7 Å². The lowest BCUT2D eigenvalue weighted by molar-refractivity contribution is -0.116. The Morgan fingerprint density at radius 3 is 2.00 bits per heavy atom. The molecule has 0 radical (unpaired) electrons. The number of hydrogen-bond donors (Lipinski definition) is 4. The van der Waals surface area contributed by atoms with Gasteiger partial charge in [0.15, 0.2) is 0 Å². The van der Waals surface area contributed by atoms with Gasteiger partial charge in [-0.25, -0.2) is 0 Å². The van der Waals surface area contributed by atoms with Crippen molar-refractivity contribution in [1.82, 2.24) is 0 Å². The molecular formula is C14H16N4S+2. The SMILES string of the molecule is NC(=[NH2+])c1ccc(Sc2ccccc2)cc1C(N)=[NH2+]. The molecule has 0 unspecified atom stereocenters. The van der Waals surface area contributed by atoms with Crippen LogP contribution in [0.15, 0.2) is 58.3 Å². The molecule has 0 aliphatic rings. The Labute approximate surface area is 115 Å². The Balaban J connectivity index is 2.36. The molecule has 0 aliphatic carbocycles. The van der Waals surface area contributed by atoms with Crippen molar-refractivity contribution in [1.29, 1.82) is 0 Å². The zero-order valence-electron chi connectivity index (χ0n) is 10.3. The first kappa shape index (κ1) is 13.2. The van der Waals surface area contributed by atoms with Gasteiger partial charge in [-0.15, -0.1) is 0 Å². The molecule has 0 atom stereocenters. The third-order valence-electron chi connectivity index (χ3n) is 2.59. The average Bonchev–Trinajstić information content (AvgIpc) is 2.39. The number of benzene rings is 2. The summed E-state index contributed by atoms with van der Waals surface area (Å²) in [6.07, 6.45) is 0. The summed E-state index contributed by atoms with van der Waals surface area (Å²) in [7, 11) is 0. The van der Waals surface area contributed by atoms with Crippen LogP contribution in [0.1, 0.15) is 11.1 Å². The first-order chi connectivity index (χ1) is 9.08. The minimum Gasteiger partial charge on any atom is -0.287 e. The molecule has 2 rings (SSSR count). The second-order valence-electron chi connectivity index (χ2n) is 4.03. The highest BCUT2D eigenvalue weighted by atomic mass is 32.2. The van der Waals surface area contributed by atoms with E-state index in [2.05, 4.69) is 0 Å². The standard InChI is InChI=1S/C14H14N4S/c15-13(16)11-7-6-10(8-12(11)14(17)18)19-9-4-2-1-3-5-9/h1-8H,(H3,15,16)(H3,17,18)/p+2. The Morgan fingerprint density at radius 1 is 0.789 bits per heavy atom. The molecule has 19 heavy (non-hydrogen) atoms. The van der Waals surface area contributed by atoms with Crippen LogP contribution in [0, 0.1) is 0 Å². The lowest BCUT2D eigenvalue weighted by atomic mass is 10.1.